The second-order valence-electron chi connectivity index (χ2n) is 3.32. The first kappa shape index (κ1) is 16.2. The summed E-state index contributed by atoms with van der Waals surface area (Å²) in [5, 5.41) is 0. The number of hydrogen-bond acceptors (Lipinski definition) is 3. The monoisotopic (exact) mass is 227 g/mol. The van der Waals surface area contributed by atoms with Crippen LogP contribution in [0.15, 0.2) is 0 Å². The van der Waals surface area contributed by atoms with Crippen molar-refractivity contribution in [2.75, 3.05) is 13.7 Å². The molecule has 0 aromatic rings. The van der Waals surface area contributed by atoms with E-state index in [9.17, 15) is 4.79 Å². The number of methoxy groups -OCH3 is 1. The fourth-order valence-electron chi connectivity index (χ4n) is 1.43. The van der Waals surface area contributed by atoms with Crippen molar-refractivity contribution >= 4 is 18.4 Å². The highest BCUT2D eigenvalue weighted by molar-refractivity contribution is 5.85. The summed E-state index contributed by atoms with van der Waals surface area (Å²) in [6.07, 6.45) is 4.77. The van der Waals surface area contributed by atoms with Crippen molar-refractivity contribution in [3.8, 4) is 0 Å². The van der Waals surface area contributed by atoms with Crippen LogP contribution in [-0.4, -0.2) is 19.6 Å². The van der Waals surface area contributed by atoms with Gasteiger partial charge in [-0.05, 0) is 31.7 Å². The lowest BCUT2D eigenvalue weighted by molar-refractivity contribution is -0.140. The highest BCUT2D eigenvalue weighted by Crippen LogP contribution is 2.15. The van der Waals surface area contributed by atoms with Gasteiger partial charge in [0.25, 0.3) is 0 Å². The number of hydrogen-bond donors (Lipinski definition) is 1. The van der Waals surface area contributed by atoms with Gasteiger partial charge in [-0.3, -0.25) is 4.79 Å². The molecule has 0 saturated carbocycles. The number of nitrogens with two attached hydrogens (primary N) is 1. The van der Waals surface area contributed by atoms with E-state index in [1.54, 1.807) is 0 Å². The van der Waals surface area contributed by atoms with E-state index in [4.69, 9.17) is 5.73 Å². The van der Waals surface area contributed by atoms with Gasteiger partial charge in [-0.15, -0.1) is 12.4 Å². The standard InChI is InChI=1S/C10H21NO2.ClH.2H2/c1-3-9(7-8-11)5-4-6-10(12)13-2;;;/h9H,3-8,11H2,1-2H3;3*1H. The molecule has 4 heteroatoms. The molecule has 0 radical (unpaired) electrons. The molecule has 3 nitrogen and oxygen atoms in total. The fourth-order valence-corrected chi connectivity index (χ4v) is 1.43. The average molecular weight is 228 g/mol. The van der Waals surface area contributed by atoms with Crippen LogP contribution in [0.2, 0.25) is 0 Å². The van der Waals surface area contributed by atoms with E-state index < -0.39 is 0 Å². The Labute approximate surface area is 95.8 Å². The van der Waals surface area contributed by atoms with Crippen molar-refractivity contribution in [1.82, 2.24) is 0 Å². The number of carbonyl (C=O) groups excluding carboxylic acids is 1. The molecule has 0 aliphatic carbocycles. The van der Waals surface area contributed by atoms with Gasteiger partial charge in [0.05, 0.1) is 7.11 Å². The maximum atomic E-state index is 10.8. The minimum atomic E-state index is -0.109. The summed E-state index contributed by atoms with van der Waals surface area (Å²) in [7, 11) is 1.43. The molecule has 0 bridgehead atoms. The minimum Gasteiger partial charge on any atom is -0.469 e. The van der Waals surface area contributed by atoms with Gasteiger partial charge in [0.2, 0.25) is 0 Å². The Morgan fingerprint density at radius 2 is 2.14 bits per heavy atom. The highest BCUT2D eigenvalue weighted by atomic mass is 35.5. The summed E-state index contributed by atoms with van der Waals surface area (Å²) >= 11 is 0. The van der Waals surface area contributed by atoms with Crippen LogP contribution in [0.25, 0.3) is 0 Å². The maximum absolute atomic E-state index is 10.8. The van der Waals surface area contributed by atoms with Crippen LogP contribution < -0.4 is 5.73 Å². The lowest BCUT2D eigenvalue weighted by Crippen LogP contribution is -2.09. The zero-order valence-corrected chi connectivity index (χ0v) is 9.94. The third kappa shape index (κ3) is 8.32. The number of esters is 1. The van der Waals surface area contributed by atoms with E-state index >= 15 is 0 Å². The van der Waals surface area contributed by atoms with E-state index in [0.29, 0.717) is 12.3 Å². The van der Waals surface area contributed by atoms with Crippen LogP contribution in [0.5, 0.6) is 0 Å². The first-order valence-corrected chi connectivity index (χ1v) is 5.01. The molecule has 0 rings (SSSR count). The Hall–Kier alpha value is -0.280. The van der Waals surface area contributed by atoms with Gasteiger partial charge < -0.3 is 10.5 Å². The van der Waals surface area contributed by atoms with Crippen molar-refractivity contribution in [3.05, 3.63) is 0 Å². The SMILES string of the molecule is CCC(CCN)CCCC(=O)OC.Cl.[HH].[HH]. The van der Waals surface area contributed by atoms with Gasteiger partial charge in [0, 0.05) is 9.27 Å². The summed E-state index contributed by atoms with van der Waals surface area (Å²) in [6, 6.07) is 0. The normalized spacial score (nSPS) is 11.6. The molecule has 90 valence electrons. The van der Waals surface area contributed by atoms with E-state index in [1.807, 2.05) is 0 Å². The van der Waals surface area contributed by atoms with Crippen molar-refractivity contribution in [2.24, 2.45) is 11.7 Å². The van der Waals surface area contributed by atoms with Crippen molar-refractivity contribution in [3.63, 3.8) is 0 Å². The molecule has 0 aromatic heterocycles. The minimum absolute atomic E-state index is 0. The van der Waals surface area contributed by atoms with Crippen LogP contribution in [0.3, 0.4) is 0 Å². The van der Waals surface area contributed by atoms with E-state index in [0.717, 1.165) is 32.2 Å². The average Bonchev–Trinajstić information content (AvgIpc) is 2.16. The van der Waals surface area contributed by atoms with Crippen molar-refractivity contribution < 1.29 is 12.4 Å². The van der Waals surface area contributed by atoms with Gasteiger partial charge >= 0.3 is 5.97 Å². The Kier molecular flexibility index (Phi) is 12.5. The molecule has 0 heterocycles. The molecule has 0 fully saturated rings. The molecule has 0 saturated heterocycles. The molecular weight excluding hydrogens is 202 g/mol. The molecule has 0 aromatic carbocycles. The maximum Gasteiger partial charge on any atom is 0.305 e. The van der Waals surface area contributed by atoms with Gasteiger partial charge in [-0.25, -0.2) is 0 Å². The molecule has 1 unspecified atom stereocenters. The Morgan fingerprint density at radius 3 is 2.57 bits per heavy atom. The molecule has 0 aliphatic rings. The van der Waals surface area contributed by atoms with Crippen molar-refractivity contribution in [2.45, 2.75) is 39.0 Å². The number of rotatable bonds is 7. The Bertz CT molecular complexity index is 151. The van der Waals surface area contributed by atoms with Crippen LogP contribution in [0.4, 0.5) is 0 Å². The van der Waals surface area contributed by atoms with Gasteiger partial charge in [-0.1, -0.05) is 13.3 Å². The van der Waals surface area contributed by atoms with Gasteiger partial charge in [0.15, 0.2) is 0 Å². The van der Waals surface area contributed by atoms with Gasteiger partial charge in [-0.2, -0.15) is 0 Å². The Balaban J connectivity index is -0.000000240. The first-order valence-electron chi connectivity index (χ1n) is 5.01. The fraction of sp³-hybridized carbons (Fsp3) is 0.900. The predicted octanol–water partition coefficient (Wildman–Crippen LogP) is 2.62. The van der Waals surface area contributed by atoms with Gasteiger partial charge in [0.1, 0.15) is 0 Å². The molecule has 0 spiro atoms. The van der Waals surface area contributed by atoms with Crippen LogP contribution in [0, 0.1) is 5.92 Å². The molecule has 2 N–H and O–H groups in total. The third-order valence-corrected chi connectivity index (χ3v) is 2.37. The predicted molar refractivity (Wildman–Crippen MR) is 64.8 cm³/mol. The zero-order chi connectivity index (χ0) is 10.1. The third-order valence-electron chi connectivity index (χ3n) is 2.37. The summed E-state index contributed by atoms with van der Waals surface area (Å²) in [5.41, 5.74) is 5.47. The molecule has 0 aliphatic heterocycles. The largest absolute Gasteiger partial charge is 0.469 e. The van der Waals surface area contributed by atoms with Crippen molar-refractivity contribution in [1.29, 1.82) is 0 Å². The second kappa shape index (κ2) is 10.8. The number of carbonyl (C=O) groups is 1. The van der Waals surface area contributed by atoms with Crippen LogP contribution in [-0.2, 0) is 9.53 Å². The van der Waals surface area contributed by atoms with E-state index in [1.165, 1.54) is 7.11 Å². The number of halogens is 1. The molecule has 0 amide bonds. The zero-order valence-electron chi connectivity index (χ0n) is 9.12. The number of ether oxygens (including phenoxy) is 1. The highest BCUT2D eigenvalue weighted by Gasteiger charge is 2.06. The lowest BCUT2D eigenvalue weighted by Gasteiger charge is -2.12. The molecule has 14 heavy (non-hydrogen) atoms. The summed E-state index contributed by atoms with van der Waals surface area (Å²) < 4.78 is 4.56. The Morgan fingerprint density at radius 1 is 1.50 bits per heavy atom. The molecule has 1 atom stereocenters. The molecular formula is C10H26ClNO2. The first-order chi connectivity index (χ1) is 6.24. The topological polar surface area (TPSA) is 52.3 Å². The quantitative estimate of drug-likeness (QED) is 0.681. The van der Waals surface area contributed by atoms with E-state index in [-0.39, 0.29) is 21.2 Å². The second-order valence-corrected chi connectivity index (χ2v) is 3.32. The van der Waals surface area contributed by atoms with Crippen LogP contribution in [0.1, 0.15) is 41.9 Å². The summed E-state index contributed by atoms with van der Waals surface area (Å²) in [5.74, 6) is 0.567. The lowest BCUT2D eigenvalue weighted by atomic mass is 9.96. The van der Waals surface area contributed by atoms with Crippen LogP contribution >= 0.6 is 12.4 Å². The smallest absolute Gasteiger partial charge is 0.305 e. The van der Waals surface area contributed by atoms with E-state index in [2.05, 4.69) is 11.7 Å². The summed E-state index contributed by atoms with van der Waals surface area (Å²) in [6.45, 7) is 2.91. The summed E-state index contributed by atoms with van der Waals surface area (Å²) in [4.78, 5) is 10.8.